The largest absolute Gasteiger partial charge is 0.337 e. The number of urea groups is 1. The van der Waals surface area contributed by atoms with E-state index in [1.165, 1.54) is 4.90 Å². The normalized spacial score (nSPS) is 10.5. The molecule has 2 rings (SSSR count). The molecule has 0 fully saturated rings. The number of hydrogen-bond donors (Lipinski definition) is 2. The Kier molecular flexibility index (Phi) is 7.09. The van der Waals surface area contributed by atoms with E-state index in [4.69, 9.17) is 0 Å². The summed E-state index contributed by atoms with van der Waals surface area (Å²) in [6.07, 6.45) is 2.03. The molecule has 5 nitrogen and oxygen atoms in total. The Hall–Kier alpha value is -2.47. The Morgan fingerprint density at radius 3 is 2.35 bits per heavy atom. The average molecular weight is 372 g/mol. The van der Waals surface area contributed by atoms with Crippen LogP contribution in [0.3, 0.4) is 0 Å². The molecule has 0 bridgehead atoms. The van der Waals surface area contributed by atoms with Gasteiger partial charge in [0.1, 0.15) is 0 Å². The van der Waals surface area contributed by atoms with Gasteiger partial charge in [-0.1, -0.05) is 24.3 Å². The molecule has 0 unspecified atom stereocenters. The van der Waals surface area contributed by atoms with Crippen molar-refractivity contribution in [2.45, 2.75) is 31.3 Å². The minimum Gasteiger partial charge on any atom is -0.337 e. The highest BCUT2D eigenvalue weighted by atomic mass is 32.2. The van der Waals surface area contributed by atoms with Crippen LogP contribution in [0.4, 0.5) is 10.5 Å². The topological polar surface area (TPSA) is 61.4 Å². The molecular formula is C20H25N3O2S. The van der Waals surface area contributed by atoms with E-state index in [-0.39, 0.29) is 18.0 Å². The number of nitrogens with zero attached hydrogens (tertiary/aromatic N) is 1. The molecule has 0 heterocycles. The first-order chi connectivity index (χ1) is 12.4. The molecule has 2 aromatic rings. The van der Waals surface area contributed by atoms with Crippen molar-refractivity contribution in [3.63, 3.8) is 0 Å². The maximum absolute atomic E-state index is 12.8. The van der Waals surface area contributed by atoms with Gasteiger partial charge in [0.15, 0.2) is 0 Å². The summed E-state index contributed by atoms with van der Waals surface area (Å²) in [5.74, 6) is -0.139. The van der Waals surface area contributed by atoms with E-state index in [1.807, 2.05) is 44.4 Å². The Morgan fingerprint density at radius 1 is 1.08 bits per heavy atom. The van der Waals surface area contributed by atoms with Gasteiger partial charge in [-0.2, -0.15) is 0 Å². The number of carbonyl (C=O) groups is 2. The molecule has 0 aliphatic rings. The molecule has 0 saturated heterocycles. The van der Waals surface area contributed by atoms with Crippen molar-refractivity contribution >= 4 is 29.4 Å². The van der Waals surface area contributed by atoms with E-state index in [0.717, 1.165) is 5.56 Å². The summed E-state index contributed by atoms with van der Waals surface area (Å²) in [6, 6.07) is 14.9. The molecule has 138 valence electrons. The lowest BCUT2D eigenvalue weighted by Crippen LogP contribution is -2.35. The van der Waals surface area contributed by atoms with E-state index in [2.05, 4.69) is 10.6 Å². The zero-order valence-corrected chi connectivity index (χ0v) is 16.4. The summed E-state index contributed by atoms with van der Waals surface area (Å²) in [7, 11) is 1.76. The number of nitrogens with one attached hydrogen (secondary N) is 2. The number of anilines is 1. The lowest BCUT2D eigenvalue weighted by atomic mass is 10.1. The van der Waals surface area contributed by atoms with Crippen LogP contribution in [0.5, 0.6) is 0 Å². The smallest absolute Gasteiger partial charge is 0.319 e. The molecule has 0 atom stereocenters. The number of carbonyl (C=O) groups excluding carboxylic acids is 2. The SMILES string of the molecule is CSc1ccc(CN(C)C(=O)c2ccccc2NC(=O)NC(C)C)cc1. The molecule has 0 radical (unpaired) electrons. The monoisotopic (exact) mass is 371 g/mol. The number of hydrogen-bond acceptors (Lipinski definition) is 3. The van der Waals surface area contributed by atoms with Gasteiger partial charge in [-0.3, -0.25) is 4.79 Å². The maximum Gasteiger partial charge on any atom is 0.319 e. The molecule has 6 heteroatoms. The van der Waals surface area contributed by atoms with Gasteiger partial charge < -0.3 is 15.5 Å². The highest BCUT2D eigenvalue weighted by molar-refractivity contribution is 7.98. The van der Waals surface area contributed by atoms with E-state index in [1.54, 1.807) is 48.0 Å². The first-order valence-electron chi connectivity index (χ1n) is 8.45. The predicted molar refractivity (Wildman–Crippen MR) is 108 cm³/mol. The fourth-order valence-corrected chi connectivity index (χ4v) is 2.89. The second-order valence-electron chi connectivity index (χ2n) is 6.31. The van der Waals surface area contributed by atoms with Crippen LogP contribution < -0.4 is 10.6 Å². The third kappa shape index (κ3) is 5.52. The Morgan fingerprint density at radius 2 is 1.73 bits per heavy atom. The fraction of sp³-hybridized carbons (Fsp3) is 0.300. The van der Waals surface area contributed by atoms with Crippen LogP contribution in [0, 0.1) is 0 Å². The Labute approximate surface area is 159 Å². The van der Waals surface area contributed by atoms with Crippen molar-refractivity contribution < 1.29 is 9.59 Å². The molecule has 0 saturated carbocycles. The number of rotatable bonds is 6. The molecule has 0 aromatic heterocycles. The third-order valence-electron chi connectivity index (χ3n) is 3.75. The quantitative estimate of drug-likeness (QED) is 0.748. The van der Waals surface area contributed by atoms with Crippen LogP contribution in [-0.2, 0) is 6.54 Å². The van der Waals surface area contributed by atoms with Crippen LogP contribution in [-0.4, -0.2) is 36.2 Å². The van der Waals surface area contributed by atoms with Gasteiger partial charge in [0.2, 0.25) is 0 Å². The van der Waals surface area contributed by atoms with Gasteiger partial charge in [-0.25, -0.2) is 4.79 Å². The second-order valence-corrected chi connectivity index (χ2v) is 7.19. The molecule has 0 spiro atoms. The number of amides is 3. The van der Waals surface area contributed by atoms with Crippen molar-refractivity contribution in [1.29, 1.82) is 0 Å². The minimum absolute atomic E-state index is 0.0183. The maximum atomic E-state index is 12.8. The molecule has 2 N–H and O–H groups in total. The summed E-state index contributed by atoms with van der Waals surface area (Å²) in [5, 5.41) is 5.52. The molecular weight excluding hydrogens is 346 g/mol. The summed E-state index contributed by atoms with van der Waals surface area (Å²) >= 11 is 1.68. The van der Waals surface area contributed by atoms with Crippen molar-refractivity contribution in [2.24, 2.45) is 0 Å². The summed E-state index contributed by atoms with van der Waals surface area (Å²) in [6.45, 7) is 4.26. The van der Waals surface area contributed by atoms with Gasteiger partial charge in [0.05, 0.1) is 11.3 Å². The first-order valence-corrected chi connectivity index (χ1v) is 9.68. The number of thioether (sulfide) groups is 1. The van der Waals surface area contributed by atoms with Crippen LogP contribution in [0.25, 0.3) is 0 Å². The molecule has 2 aromatic carbocycles. The van der Waals surface area contributed by atoms with Crippen molar-refractivity contribution in [3.8, 4) is 0 Å². The average Bonchev–Trinajstić information content (AvgIpc) is 2.61. The van der Waals surface area contributed by atoms with Crippen molar-refractivity contribution in [1.82, 2.24) is 10.2 Å². The number of benzene rings is 2. The summed E-state index contributed by atoms with van der Waals surface area (Å²) < 4.78 is 0. The molecule has 26 heavy (non-hydrogen) atoms. The van der Waals surface area contributed by atoms with Gasteiger partial charge >= 0.3 is 6.03 Å². The number of para-hydroxylation sites is 1. The molecule has 0 aliphatic heterocycles. The Bertz CT molecular complexity index is 760. The van der Waals surface area contributed by atoms with Gasteiger partial charge in [-0.15, -0.1) is 11.8 Å². The van der Waals surface area contributed by atoms with Crippen molar-refractivity contribution in [3.05, 3.63) is 59.7 Å². The van der Waals surface area contributed by atoms with Crippen LogP contribution in [0.2, 0.25) is 0 Å². The van der Waals surface area contributed by atoms with E-state index >= 15 is 0 Å². The van der Waals surface area contributed by atoms with E-state index in [0.29, 0.717) is 17.8 Å². The van der Waals surface area contributed by atoms with Gasteiger partial charge in [-0.05, 0) is 49.9 Å². The first kappa shape index (κ1) is 19.8. The van der Waals surface area contributed by atoms with E-state index < -0.39 is 0 Å². The predicted octanol–water partition coefficient (Wildman–Crippen LogP) is 4.21. The lowest BCUT2D eigenvalue weighted by Gasteiger charge is -2.20. The fourth-order valence-electron chi connectivity index (χ4n) is 2.48. The standard InChI is InChI=1S/C20H25N3O2S/c1-14(2)21-20(25)22-18-8-6-5-7-17(18)19(24)23(3)13-15-9-11-16(26-4)12-10-15/h5-12,14H,13H2,1-4H3,(H2,21,22,25). The van der Waals surface area contributed by atoms with Crippen LogP contribution in [0.15, 0.2) is 53.4 Å². The lowest BCUT2D eigenvalue weighted by molar-refractivity contribution is 0.0786. The summed E-state index contributed by atoms with van der Waals surface area (Å²) in [5.41, 5.74) is 2.02. The van der Waals surface area contributed by atoms with Gasteiger partial charge in [0.25, 0.3) is 5.91 Å². The van der Waals surface area contributed by atoms with Crippen LogP contribution >= 0.6 is 11.8 Å². The van der Waals surface area contributed by atoms with Crippen molar-refractivity contribution in [2.75, 3.05) is 18.6 Å². The second kappa shape index (κ2) is 9.29. The van der Waals surface area contributed by atoms with Crippen LogP contribution in [0.1, 0.15) is 29.8 Å². The Balaban J connectivity index is 2.11. The third-order valence-corrected chi connectivity index (χ3v) is 4.49. The zero-order valence-electron chi connectivity index (χ0n) is 15.6. The van der Waals surface area contributed by atoms with Gasteiger partial charge in [0, 0.05) is 24.5 Å². The zero-order chi connectivity index (χ0) is 19.1. The summed E-state index contributed by atoms with van der Waals surface area (Å²) in [4.78, 5) is 27.7. The highest BCUT2D eigenvalue weighted by Gasteiger charge is 2.17. The minimum atomic E-state index is -0.324. The highest BCUT2D eigenvalue weighted by Crippen LogP contribution is 2.19. The molecule has 3 amide bonds. The molecule has 0 aliphatic carbocycles. The van der Waals surface area contributed by atoms with E-state index in [9.17, 15) is 9.59 Å².